The number of nitrogens with zero attached hydrogens (tertiary/aromatic N) is 4. The zero-order valence-corrected chi connectivity index (χ0v) is 17.8. The van der Waals surface area contributed by atoms with Crippen molar-refractivity contribution in [2.24, 2.45) is 0 Å². The lowest BCUT2D eigenvalue weighted by atomic mass is 10.1. The molecule has 0 aliphatic carbocycles. The summed E-state index contributed by atoms with van der Waals surface area (Å²) in [5.74, 6) is 0.715. The maximum absolute atomic E-state index is 12.7. The van der Waals surface area contributed by atoms with Gasteiger partial charge in [0.15, 0.2) is 5.82 Å². The molecule has 6 nitrogen and oxygen atoms in total. The fourth-order valence-electron chi connectivity index (χ4n) is 3.03. The van der Waals surface area contributed by atoms with Crippen LogP contribution < -0.4 is 4.90 Å². The van der Waals surface area contributed by atoms with Gasteiger partial charge in [-0.15, -0.1) is 21.5 Å². The smallest absolute Gasteiger partial charge is 0.252 e. The second-order valence-electron chi connectivity index (χ2n) is 6.21. The summed E-state index contributed by atoms with van der Waals surface area (Å²) in [6.07, 6.45) is 0. The fourth-order valence-corrected chi connectivity index (χ4v) is 6.32. The van der Waals surface area contributed by atoms with Crippen LogP contribution in [-0.2, 0) is 10.0 Å². The Labute approximate surface area is 177 Å². The molecule has 4 rings (SSSR count). The molecule has 10 heteroatoms. The average Bonchev–Trinajstić information content (AvgIpc) is 3.16. The van der Waals surface area contributed by atoms with Gasteiger partial charge >= 0.3 is 0 Å². The Morgan fingerprint density at radius 1 is 0.893 bits per heavy atom. The molecule has 146 valence electrons. The van der Waals surface area contributed by atoms with E-state index in [4.69, 9.17) is 23.2 Å². The van der Waals surface area contributed by atoms with Gasteiger partial charge in [-0.25, -0.2) is 8.42 Å². The average molecular weight is 455 g/mol. The Balaban J connectivity index is 1.45. The third-order valence-electron chi connectivity index (χ3n) is 4.51. The standard InChI is InChI=1S/C18H16Cl2N4O2S2/c19-14-4-2-1-3-13(14)15-5-7-17(22-21-15)23-9-11-24(12-10-23)28(25,26)18-8-6-16(20)27-18/h1-8H,9-12H2. The summed E-state index contributed by atoms with van der Waals surface area (Å²) < 4.78 is 27.6. The van der Waals surface area contributed by atoms with Crippen LogP contribution in [0.25, 0.3) is 11.3 Å². The summed E-state index contributed by atoms with van der Waals surface area (Å²) in [6.45, 7) is 1.84. The van der Waals surface area contributed by atoms with E-state index < -0.39 is 10.0 Å². The van der Waals surface area contributed by atoms with Gasteiger partial charge in [0.2, 0.25) is 0 Å². The van der Waals surface area contributed by atoms with E-state index in [1.165, 1.54) is 4.31 Å². The lowest BCUT2D eigenvalue weighted by molar-refractivity contribution is 0.384. The van der Waals surface area contributed by atoms with Crippen LogP contribution in [0.4, 0.5) is 5.82 Å². The summed E-state index contributed by atoms with van der Waals surface area (Å²) in [4.78, 5) is 2.02. The van der Waals surface area contributed by atoms with Crippen molar-refractivity contribution in [3.63, 3.8) is 0 Å². The maximum Gasteiger partial charge on any atom is 0.252 e. The van der Waals surface area contributed by atoms with Crippen LogP contribution in [0.3, 0.4) is 0 Å². The molecule has 0 bridgehead atoms. The summed E-state index contributed by atoms with van der Waals surface area (Å²) in [5.41, 5.74) is 1.53. The molecule has 1 saturated heterocycles. The van der Waals surface area contributed by atoms with E-state index in [9.17, 15) is 8.42 Å². The second-order valence-corrected chi connectivity index (χ2v) is 10.5. The largest absolute Gasteiger partial charge is 0.352 e. The molecule has 1 aliphatic rings. The van der Waals surface area contributed by atoms with E-state index in [1.807, 2.05) is 41.3 Å². The molecule has 3 heterocycles. The zero-order chi connectivity index (χ0) is 19.7. The Morgan fingerprint density at radius 3 is 2.25 bits per heavy atom. The van der Waals surface area contributed by atoms with Crippen LogP contribution in [0.1, 0.15) is 0 Å². The van der Waals surface area contributed by atoms with Crippen molar-refractivity contribution in [3.05, 3.63) is 57.9 Å². The van der Waals surface area contributed by atoms with Gasteiger partial charge in [0.1, 0.15) is 4.21 Å². The Kier molecular flexibility index (Phi) is 5.57. The molecule has 2 aromatic heterocycles. The number of thiophene rings is 1. The lowest BCUT2D eigenvalue weighted by Crippen LogP contribution is -2.48. The van der Waals surface area contributed by atoms with Crippen molar-refractivity contribution >= 4 is 50.4 Å². The molecule has 0 atom stereocenters. The van der Waals surface area contributed by atoms with Gasteiger partial charge in [0, 0.05) is 31.7 Å². The number of hydrogen-bond donors (Lipinski definition) is 0. The molecule has 0 spiro atoms. The molecule has 0 radical (unpaired) electrons. The maximum atomic E-state index is 12.7. The normalized spacial score (nSPS) is 15.7. The van der Waals surface area contributed by atoms with E-state index in [-0.39, 0.29) is 4.21 Å². The third kappa shape index (κ3) is 3.88. The first-order chi connectivity index (χ1) is 13.4. The van der Waals surface area contributed by atoms with Gasteiger partial charge in [-0.2, -0.15) is 4.31 Å². The molecule has 1 aromatic carbocycles. The molecule has 0 amide bonds. The topological polar surface area (TPSA) is 66.4 Å². The number of sulfonamides is 1. The number of halogens is 2. The number of piperazine rings is 1. The second kappa shape index (κ2) is 7.96. The van der Waals surface area contributed by atoms with Crippen LogP contribution in [0.15, 0.2) is 52.7 Å². The Hall–Kier alpha value is -1.71. The predicted molar refractivity (Wildman–Crippen MR) is 113 cm³/mol. The highest BCUT2D eigenvalue weighted by molar-refractivity contribution is 7.91. The van der Waals surface area contributed by atoms with Gasteiger partial charge in [-0.1, -0.05) is 41.4 Å². The quantitative estimate of drug-likeness (QED) is 0.595. The fraction of sp³-hybridized carbons (Fsp3) is 0.222. The van der Waals surface area contributed by atoms with Crippen molar-refractivity contribution < 1.29 is 8.42 Å². The van der Waals surface area contributed by atoms with Gasteiger partial charge in [0.05, 0.1) is 15.1 Å². The van der Waals surface area contributed by atoms with Gasteiger partial charge < -0.3 is 4.90 Å². The van der Waals surface area contributed by atoms with Crippen molar-refractivity contribution in [1.29, 1.82) is 0 Å². The monoisotopic (exact) mass is 454 g/mol. The first-order valence-electron chi connectivity index (χ1n) is 8.54. The Bertz CT molecular complexity index is 1080. The van der Waals surface area contributed by atoms with Crippen molar-refractivity contribution in [2.75, 3.05) is 31.1 Å². The van der Waals surface area contributed by atoms with Gasteiger partial charge in [0.25, 0.3) is 10.0 Å². The molecule has 0 N–H and O–H groups in total. The molecule has 0 unspecified atom stereocenters. The highest BCUT2D eigenvalue weighted by Crippen LogP contribution is 2.29. The van der Waals surface area contributed by atoms with Crippen LogP contribution in [0, 0.1) is 0 Å². The molecule has 1 fully saturated rings. The van der Waals surface area contributed by atoms with Crippen LogP contribution >= 0.6 is 34.5 Å². The van der Waals surface area contributed by atoms with Crippen LogP contribution in [0.2, 0.25) is 9.36 Å². The minimum Gasteiger partial charge on any atom is -0.352 e. The number of benzene rings is 1. The van der Waals surface area contributed by atoms with E-state index in [0.717, 1.165) is 16.9 Å². The summed E-state index contributed by atoms with van der Waals surface area (Å²) in [7, 11) is -3.50. The van der Waals surface area contributed by atoms with E-state index >= 15 is 0 Å². The first-order valence-corrected chi connectivity index (χ1v) is 11.6. The van der Waals surface area contributed by atoms with Crippen molar-refractivity contribution in [2.45, 2.75) is 4.21 Å². The number of aromatic nitrogens is 2. The molecular formula is C18H16Cl2N4O2S2. The third-order valence-corrected chi connectivity index (χ3v) is 8.43. The summed E-state index contributed by atoms with van der Waals surface area (Å²) >= 11 is 13.2. The summed E-state index contributed by atoms with van der Waals surface area (Å²) in [6, 6.07) is 14.4. The minimum absolute atomic E-state index is 0.273. The van der Waals surface area contributed by atoms with Gasteiger partial charge in [-0.3, -0.25) is 0 Å². The van der Waals surface area contributed by atoms with Crippen molar-refractivity contribution in [1.82, 2.24) is 14.5 Å². The van der Waals surface area contributed by atoms with E-state index in [1.54, 1.807) is 12.1 Å². The van der Waals surface area contributed by atoms with E-state index in [0.29, 0.717) is 47.0 Å². The summed E-state index contributed by atoms with van der Waals surface area (Å²) in [5, 5.41) is 9.21. The first kappa shape index (κ1) is 19.6. The highest BCUT2D eigenvalue weighted by atomic mass is 35.5. The van der Waals surface area contributed by atoms with Gasteiger partial charge in [-0.05, 0) is 30.3 Å². The lowest BCUT2D eigenvalue weighted by Gasteiger charge is -2.34. The SMILES string of the molecule is O=S(=O)(c1ccc(Cl)s1)N1CCN(c2ccc(-c3ccccc3Cl)nn2)CC1. The minimum atomic E-state index is -3.50. The molecule has 28 heavy (non-hydrogen) atoms. The highest BCUT2D eigenvalue weighted by Gasteiger charge is 2.30. The molecule has 0 saturated carbocycles. The molecular weight excluding hydrogens is 439 g/mol. The predicted octanol–water partition coefficient (Wildman–Crippen LogP) is 4.02. The molecule has 3 aromatic rings. The zero-order valence-electron chi connectivity index (χ0n) is 14.6. The number of rotatable bonds is 4. The number of hydrogen-bond acceptors (Lipinski definition) is 6. The van der Waals surface area contributed by atoms with Crippen LogP contribution in [0.5, 0.6) is 0 Å². The Morgan fingerprint density at radius 2 is 1.64 bits per heavy atom. The van der Waals surface area contributed by atoms with Crippen molar-refractivity contribution in [3.8, 4) is 11.3 Å². The number of anilines is 1. The molecule has 1 aliphatic heterocycles. The van der Waals surface area contributed by atoms with E-state index in [2.05, 4.69) is 10.2 Å². The van der Waals surface area contributed by atoms with Crippen LogP contribution in [-0.4, -0.2) is 49.1 Å².